The molecular weight excluding hydrogens is 196 g/mol. The third-order valence-electron chi connectivity index (χ3n) is 4.07. The maximum atomic E-state index is 5.60. The van der Waals surface area contributed by atoms with E-state index in [9.17, 15) is 0 Å². The van der Waals surface area contributed by atoms with Crippen molar-refractivity contribution >= 4 is 0 Å². The molecule has 1 aliphatic rings. The highest BCUT2D eigenvalue weighted by molar-refractivity contribution is 4.70. The summed E-state index contributed by atoms with van der Waals surface area (Å²) in [6.07, 6.45) is 11.0. The Hall–Kier alpha value is -0.0800. The number of rotatable bonds is 10. The Kier molecular flexibility index (Phi) is 7.87. The van der Waals surface area contributed by atoms with Crippen molar-refractivity contribution in [1.82, 2.24) is 5.32 Å². The van der Waals surface area contributed by atoms with Gasteiger partial charge in [-0.15, -0.1) is 0 Å². The Balaban J connectivity index is 1.82. The van der Waals surface area contributed by atoms with Crippen LogP contribution >= 0.6 is 0 Å². The molecule has 0 aromatic carbocycles. The predicted molar refractivity (Wildman–Crippen MR) is 71.5 cm³/mol. The van der Waals surface area contributed by atoms with Gasteiger partial charge in [0, 0.05) is 0 Å². The quantitative estimate of drug-likeness (QED) is 0.562. The van der Waals surface area contributed by atoms with Crippen molar-refractivity contribution in [3.63, 3.8) is 0 Å². The first-order valence-electron chi connectivity index (χ1n) is 7.27. The van der Waals surface area contributed by atoms with E-state index < -0.39 is 0 Å². The molecule has 1 saturated carbocycles. The van der Waals surface area contributed by atoms with E-state index in [1.165, 1.54) is 64.5 Å². The molecule has 0 radical (unpaired) electrons. The number of nitrogens with one attached hydrogen (secondary N) is 1. The summed E-state index contributed by atoms with van der Waals surface area (Å²) in [6, 6.07) is 0. The van der Waals surface area contributed by atoms with Gasteiger partial charge in [0.1, 0.15) is 0 Å². The Morgan fingerprint density at radius 3 is 2.62 bits per heavy atom. The zero-order valence-electron chi connectivity index (χ0n) is 11.0. The van der Waals surface area contributed by atoms with E-state index in [-0.39, 0.29) is 0 Å². The molecule has 0 saturated heterocycles. The molecule has 3 N–H and O–H groups in total. The van der Waals surface area contributed by atoms with Crippen molar-refractivity contribution in [1.29, 1.82) is 0 Å². The zero-order chi connectivity index (χ0) is 11.6. The highest BCUT2D eigenvalue weighted by Crippen LogP contribution is 2.28. The van der Waals surface area contributed by atoms with E-state index in [1.54, 1.807) is 0 Å². The van der Waals surface area contributed by atoms with E-state index in [4.69, 9.17) is 5.73 Å². The first-order chi connectivity index (χ1) is 7.86. The Morgan fingerprint density at radius 2 is 2.06 bits per heavy atom. The molecule has 1 fully saturated rings. The molecule has 2 heteroatoms. The van der Waals surface area contributed by atoms with Crippen LogP contribution in [0, 0.1) is 11.8 Å². The molecule has 1 atom stereocenters. The normalized spacial score (nSPS) is 18.4. The summed E-state index contributed by atoms with van der Waals surface area (Å²) in [6.45, 7) is 5.57. The van der Waals surface area contributed by atoms with Crippen LogP contribution in [0.2, 0.25) is 0 Å². The summed E-state index contributed by atoms with van der Waals surface area (Å²) in [5, 5.41) is 3.57. The molecule has 0 bridgehead atoms. The van der Waals surface area contributed by atoms with E-state index in [0.29, 0.717) is 0 Å². The van der Waals surface area contributed by atoms with Crippen molar-refractivity contribution in [3.8, 4) is 0 Å². The third-order valence-corrected chi connectivity index (χ3v) is 4.07. The van der Waals surface area contributed by atoms with Gasteiger partial charge in [0.15, 0.2) is 0 Å². The Labute approximate surface area is 101 Å². The maximum Gasteiger partial charge on any atom is -0.00463 e. The molecule has 0 aliphatic heterocycles. The molecule has 1 unspecified atom stereocenters. The fourth-order valence-corrected chi connectivity index (χ4v) is 2.52. The summed E-state index contributed by atoms with van der Waals surface area (Å²) in [7, 11) is 0. The van der Waals surface area contributed by atoms with Crippen molar-refractivity contribution in [2.24, 2.45) is 17.6 Å². The van der Waals surface area contributed by atoms with E-state index in [1.807, 2.05) is 0 Å². The van der Waals surface area contributed by atoms with Crippen LogP contribution in [0.5, 0.6) is 0 Å². The molecule has 96 valence electrons. The molecule has 0 aromatic heterocycles. The minimum absolute atomic E-state index is 0.855. The zero-order valence-corrected chi connectivity index (χ0v) is 11.0. The smallest absolute Gasteiger partial charge is 0.00463 e. The molecule has 0 aromatic rings. The van der Waals surface area contributed by atoms with Crippen LogP contribution in [0.4, 0.5) is 0 Å². The van der Waals surface area contributed by atoms with Crippen LogP contribution in [0.15, 0.2) is 0 Å². The van der Waals surface area contributed by atoms with Crippen LogP contribution in [0.1, 0.15) is 58.3 Å². The summed E-state index contributed by atoms with van der Waals surface area (Å²) < 4.78 is 0. The van der Waals surface area contributed by atoms with E-state index >= 15 is 0 Å². The molecular formula is C14H30N2. The highest BCUT2D eigenvalue weighted by atomic mass is 14.8. The molecule has 0 amide bonds. The Morgan fingerprint density at radius 1 is 1.25 bits per heavy atom. The van der Waals surface area contributed by atoms with E-state index in [0.717, 1.165) is 18.4 Å². The van der Waals surface area contributed by atoms with Gasteiger partial charge in [-0.1, -0.05) is 32.6 Å². The van der Waals surface area contributed by atoms with Gasteiger partial charge in [-0.3, -0.25) is 0 Å². The van der Waals surface area contributed by atoms with Crippen LogP contribution in [0.3, 0.4) is 0 Å². The molecule has 1 rings (SSSR count). The average Bonchev–Trinajstić information content (AvgIpc) is 2.24. The van der Waals surface area contributed by atoms with Crippen molar-refractivity contribution in [2.45, 2.75) is 58.3 Å². The number of hydrogen-bond donors (Lipinski definition) is 2. The molecule has 16 heavy (non-hydrogen) atoms. The lowest BCUT2D eigenvalue weighted by Gasteiger charge is -2.25. The average molecular weight is 226 g/mol. The lowest BCUT2D eigenvalue weighted by Crippen LogP contribution is -2.22. The van der Waals surface area contributed by atoms with Gasteiger partial charge >= 0.3 is 0 Å². The van der Waals surface area contributed by atoms with Gasteiger partial charge in [-0.05, 0) is 57.2 Å². The fraction of sp³-hybridized carbons (Fsp3) is 1.00. The van der Waals surface area contributed by atoms with Gasteiger partial charge in [0.2, 0.25) is 0 Å². The largest absolute Gasteiger partial charge is 0.330 e. The van der Waals surface area contributed by atoms with Crippen LogP contribution in [0.25, 0.3) is 0 Å². The first-order valence-corrected chi connectivity index (χ1v) is 7.27. The predicted octanol–water partition coefficient (Wildman–Crippen LogP) is 2.92. The van der Waals surface area contributed by atoms with Gasteiger partial charge in [0.25, 0.3) is 0 Å². The molecule has 0 heterocycles. The Bertz CT molecular complexity index is 155. The van der Waals surface area contributed by atoms with E-state index in [2.05, 4.69) is 12.2 Å². The van der Waals surface area contributed by atoms with Crippen LogP contribution in [-0.2, 0) is 0 Å². The van der Waals surface area contributed by atoms with Crippen molar-refractivity contribution < 1.29 is 0 Å². The third kappa shape index (κ3) is 5.86. The monoisotopic (exact) mass is 226 g/mol. The maximum absolute atomic E-state index is 5.60. The van der Waals surface area contributed by atoms with Crippen LogP contribution in [-0.4, -0.2) is 19.6 Å². The van der Waals surface area contributed by atoms with Gasteiger partial charge < -0.3 is 11.1 Å². The SMILES string of the molecule is CCC(CCN)CCCNCCC1CCC1. The van der Waals surface area contributed by atoms with Gasteiger partial charge in [-0.25, -0.2) is 0 Å². The molecule has 1 aliphatic carbocycles. The number of hydrogen-bond acceptors (Lipinski definition) is 2. The summed E-state index contributed by atoms with van der Waals surface area (Å²) >= 11 is 0. The highest BCUT2D eigenvalue weighted by Gasteiger charge is 2.15. The lowest BCUT2D eigenvalue weighted by atomic mass is 9.83. The lowest BCUT2D eigenvalue weighted by molar-refractivity contribution is 0.291. The summed E-state index contributed by atoms with van der Waals surface area (Å²) in [5.74, 6) is 1.91. The van der Waals surface area contributed by atoms with Gasteiger partial charge in [-0.2, -0.15) is 0 Å². The minimum atomic E-state index is 0.855. The second-order valence-corrected chi connectivity index (χ2v) is 5.33. The van der Waals surface area contributed by atoms with Gasteiger partial charge in [0.05, 0.1) is 0 Å². The summed E-state index contributed by atoms with van der Waals surface area (Å²) in [4.78, 5) is 0. The fourth-order valence-electron chi connectivity index (χ4n) is 2.52. The minimum Gasteiger partial charge on any atom is -0.330 e. The van der Waals surface area contributed by atoms with Crippen LogP contribution < -0.4 is 11.1 Å². The number of nitrogens with two attached hydrogens (primary N) is 1. The van der Waals surface area contributed by atoms with Crippen molar-refractivity contribution in [3.05, 3.63) is 0 Å². The second kappa shape index (κ2) is 9.00. The summed E-state index contributed by atoms with van der Waals surface area (Å²) in [5.41, 5.74) is 5.60. The molecule has 0 spiro atoms. The standard InChI is InChI=1S/C14H30N2/c1-2-13(8-10-15)7-4-11-16-12-9-14-5-3-6-14/h13-14,16H,2-12,15H2,1H3. The first kappa shape index (κ1) is 14.0. The van der Waals surface area contributed by atoms with Crippen molar-refractivity contribution in [2.75, 3.05) is 19.6 Å². The topological polar surface area (TPSA) is 38.0 Å². The molecule has 2 nitrogen and oxygen atoms in total. The second-order valence-electron chi connectivity index (χ2n) is 5.33.